The molecule has 0 aliphatic heterocycles. The third-order valence-electron chi connectivity index (χ3n) is 1.08. The van der Waals surface area contributed by atoms with Crippen molar-refractivity contribution in [1.29, 1.82) is 0 Å². The van der Waals surface area contributed by atoms with Crippen molar-refractivity contribution in [1.82, 2.24) is 0 Å². The molecule has 0 aliphatic carbocycles. The summed E-state index contributed by atoms with van der Waals surface area (Å²) >= 11 is 0. The number of para-hydroxylation sites is 1. The van der Waals surface area contributed by atoms with Crippen molar-refractivity contribution in [3.63, 3.8) is 0 Å². The van der Waals surface area contributed by atoms with Crippen molar-refractivity contribution in [3.8, 4) is 0 Å². The van der Waals surface area contributed by atoms with Gasteiger partial charge >= 0.3 is 5.97 Å². The molecule has 5 nitrogen and oxygen atoms in total. The van der Waals surface area contributed by atoms with Gasteiger partial charge in [-0.1, -0.05) is 18.2 Å². The summed E-state index contributed by atoms with van der Waals surface area (Å²) in [6.07, 6.45) is 0.870. The molecule has 5 heteroatoms. The Bertz CT molecular complexity index is 342. The van der Waals surface area contributed by atoms with Gasteiger partial charge < -0.3 is 10.2 Å². The molecule has 0 unspecified atom stereocenters. The molecule has 0 bridgehead atoms. The number of carboxylic acids is 2. The zero-order valence-electron chi connectivity index (χ0n) is 8.12. The summed E-state index contributed by atoms with van der Waals surface area (Å²) in [5.74, 6) is -1.87. The zero-order valence-corrected chi connectivity index (χ0v) is 8.12. The quantitative estimate of drug-likeness (QED) is 0.723. The fraction of sp³-hybridized carbons (Fsp3) is 0.100. The number of rotatable bonds is 2. The first kappa shape index (κ1) is 12.8. The molecule has 0 spiro atoms. The smallest absolute Gasteiger partial charge is 0.346 e. The number of benzene rings is 1. The molecule has 1 aromatic rings. The van der Waals surface area contributed by atoms with Crippen LogP contribution in [0, 0.1) is 0 Å². The van der Waals surface area contributed by atoms with Crippen LogP contribution in [0.5, 0.6) is 0 Å². The lowest BCUT2D eigenvalue weighted by Gasteiger charge is -1.87. The summed E-state index contributed by atoms with van der Waals surface area (Å²) in [5.41, 5.74) is 0.648. The average Bonchev–Trinajstić information content (AvgIpc) is 2.15. The minimum Gasteiger partial charge on any atom is -0.481 e. The highest BCUT2D eigenvalue weighted by Crippen LogP contribution is 2.07. The number of hydrogen-bond donors (Lipinski definition) is 2. The van der Waals surface area contributed by atoms with E-state index < -0.39 is 11.9 Å². The molecule has 0 aromatic heterocycles. The fourth-order valence-electron chi connectivity index (χ4n) is 0.644. The predicted octanol–water partition coefficient (Wildman–Crippen LogP) is 1.56. The van der Waals surface area contributed by atoms with Crippen molar-refractivity contribution in [2.75, 3.05) is 0 Å². The molecule has 80 valence electrons. The molecule has 0 amide bonds. The molecule has 0 saturated carbocycles. The van der Waals surface area contributed by atoms with Crippen LogP contribution < -0.4 is 0 Å². The van der Waals surface area contributed by atoms with Crippen LogP contribution in [0.25, 0.3) is 0 Å². The molecule has 0 heterocycles. The monoisotopic (exact) mass is 209 g/mol. The van der Waals surface area contributed by atoms with Gasteiger partial charge in [-0.05, 0) is 12.1 Å². The van der Waals surface area contributed by atoms with E-state index in [1.54, 1.807) is 24.3 Å². The normalized spacial score (nSPS) is 9.13. The number of hydrogen-bond acceptors (Lipinski definition) is 3. The van der Waals surface area contributed by atoms with Gasteiger partial charge in [-0.25, -0.2) is 9.79 Å². The van der Waals surface area contributed by atoms with Gasteiger partial charge in [-0.15, -0.1) is 0 Å². The second-order valence-electron chi connectivity index (χ2n) is 2.45. The molecular formula is C10H11NO4. The Balaban J connectivity index is 0.000000423. The summed E-state index contributed by atoms with van der Waals surface area (Å²) in [5, 5.41) is 15.6. The highest BCUT2D eigenvalue weighted by atomic mass is 16.4. The van der Waals surface area contributed by atoms with Crippen molar-refractivity contribution >= 4 is 23.8 Å². The summed E-state index contributed by atoms with van der Waals surface area (Å²) in [7, 11) is 0. The third-order valence-corrected chi connectivity index (χ3v) is 1.08. The first-order valence-electron chi connectivity index (χ1n) is 4.04. The van der Waals surface area contributed by atoms with E-state index in [0.717, 1.165) is 13.1 Å². The maximum atomic E-state index is 10.0. The molecule has 0 radical (unpaired) electrons. The van der Waals surface area contributed by atoms with Crippen LogP contribution in [0.3, 0.4) is 0 Å². The maximum absolute atomic E-state index is 10.0. The van der Waals surface area contributed by atoms with E-state index in [1.807, 2.05) is 6.07 Å². The molecule has 0 saturated heterocycles. The summed E-state index contributed by atoms with van der Waals surface area (Å²) < 4.78 is 0. The molecule has 2 N–H and O–H groups in total. The van der Waals surface area contributed by atoms with E-state index in [0.29, 0.717) is 5.69 Å². The Morgan fingerprint density at radius 1 is 1.20 bits per heavy atom. The van der Waals surface area contributed by atoms with E-state index >= 15 is 0 Å². The van der Waals surface area contributed by atoms with Gasteiger partial charge in [0, 0.05) is 6.92 Å². The standard InChI is InChI=1S/C8H7NO2.C2H4O2/c10-8(11)6-9-7-4-2-1-3-5-7;1-2(3)4/h1-6H,(H,10,11);1H3,(H,3,4). The van der Waals surface area contributed by atoms with Crippen LogP contribution in [0.15, 0.2) is 35.3 Å². The van der Waals surface area contributed by atoms with Crippen molar-refractivity contribution in [2.24, 2.45) is 4.99 Å². The van der Waals surface area contributed by atoms with E-state index in [4.69, 9.17) is 15.0 Å². The predicted molar refractivity (Wildman–Crippen MR) is 55.5 cm³/mol. The molecule has 1 aromatic carbocycles. The van der Waals surface area contributed by atoms with Gasteiger partial charge in [0.2, 0.25) is 0 Å². The lowest BCUT2D eigenvalue weighted by Crippen LogP contribution is -1.93. The fourth-order valence-corrected chi connectivity index (χ4v) is 0.644. The number of nitrogens with zero attached hydrogens (tertiary/aromatic N) is 1. The van der Waals surface area contributed by atoms with Crippen LogP contribution >= 0.6 is 0 Å². The van der Waals surface area contributed by atoms with E-state index in [9.17, 15) is 4.79 Å². The second-order valence-corrected chi connectivity index (χ2v) is 2.45. The van der Waals surface area contributed by atoms with Gasteiger partial charge in [-0.2, -0.15) is 0 Å². The molecule has 0 fully saturated rings. The highest BCUT2D eigenvalue weighted by Gasteiger charge is 1.87. The van der Waals surface area contributed by atoms with Crippen molar-refractivity contribution < 1.29 is 19.8 Å². The second kappa shape index (κ2) is 7.25. The average molecular weight is 209 g/mol. The largest absolute Gasteiger partial charge is 0.481 e. The molecule has 0 aliphatic rings. The van der Waals surface area contributed by atoms with Crippen molar-refractivity contribution in [3.05, 3.63) is 30.3 Å². The molecule has 0 atom stereocenters. The van der Waals surface area contributed by atoms with Gasteiger partial charge in [0.05, 0.1) is 5.69 Å². The Kier molecular flexibility index (Phi) is 6.20. The number of aliphatic carboxylic acids is 2. The lowest BCUT2D eigenvalue weighted by atomic mass is 10.3. The Labute approximate surface area is 86.7 Å². The van der Waals surface area contributed by atoms with E-state index in [2.05, 4.69) is 4.99 Å². The van der Waals surface area contributed by atoms with Crippen LogP contribution in [-0.2, 0) is 9.59 Å². The summed E-state index contributed by atoms with van der Waals surface area (Å²) in [6.45, 7) is 1.08. The number of carbonyl (C=O) groups is 2. The van der Waals surface area contributed by atoms with E-state index in [1.165, 1.54) is 0 Å². The summed E-state index contributed by atoms with van der Waals surface area (Å²) in [6, 6.07) is 8.92. The zero-order chi connectivity index (χ0) is 11.7. The number of aliphatic imine (C=N–C) groups is 1. The van der Waals surface area contributed by atoms with Crippen LogP contribution in [0.4, 0.5) is 5.69 Å². The van der Waals surface area contributed by atoms with Gasteiger partial charge in [-0.3, -0.25) is 4.79 Å². The summed E-state index contributed by atoms with van der Waals surface area (Å²) in [4.78, 5) is 22.7. The van der Waals surface area contributed by atoms with Gasteiger partial charge in [0.1, 0.15) is 6.21 Å². The van der Waals surface area contributed by atoms with Gasteiger partial charge in [0.15, 0.2) is 0 Å². The first-order chi connectivity index (χ1) is 7.02. The first-order valence-corrected chi connectivity index (χ1v) is 4.04. The van der Waals surface area contributed by atoms with Crippen molar-refractivity contribution in [2.45, 2.75) is 6.92 Å². The minimum absolute atomic E-state index is 0.648. The Morgan fingerprint density at radius 2 is 1.67 bits per heavy atom. The van der Waals surface area contributed by atoms with Crippen LogP contribution in [0.2, 0.25) is 0 Å². The Hall–Kier alpha value is -2.17. The lowest BCUT2D eigenvalue weighted by molar-refractivity contribution is -0.134. The van der Waals surface area contributed by atoms with Crippen LogP contribution in [-0.4, -0.2) is 28.4 Å². The Morgan fingerprint density at radius 3 is 2.07 bits per heavy atom. The highest BCUT2D eigenvalue weighted by molar-refractivity contribution is 6.22. The molecular weight excluding hydrogens is 198 g/mol. The SMILES string of the molecule is CC(=O)O.O=C(O)C=Nc1ccccc1. The number of carboxylic acid groups (broad SMARTS) is 2. The molecule has 1 rings (SSSR count). The maximum Gasteiger partial charge on any atom is 0.346 e. The van der Waals surface area contributed by atoms with Crippen LogP contribution in [0.1, 0.15) is 6.92 Å². The van der Waals surface area contributed by atoms with E-state index in [-0.39, 0.29) is 0 Å². The topological polar surface area (TPSA) is 87.0 Å². The molecule has 15 heavy (non-hydrogen) atoms. The van der Waals surface area contributed by atoms with Gasteiger partial charge in [0.25, 0.3) is 5.97 Å². The third kappa shape index (κ3) is 9.75. The minimum atomic E-state index is -1.03.